The van der Waals surface area contributed by atoms with Crippen molar-refractivity contribution in [2.75, 3.05) is 13.7 Å². The summed E-state index contributed by atoms with van der Waals surface area (Å²) in [5, 5.41) is 2.87. The largest absolute Gasteiger partial charge is 0.469 e. The standard InChI is InChI=1S/C20H23NO3/c1-24-19(22)12-7-15-21-20(23)18-11-6-5-10-17(18)14-13-16-8-3-2-4-9-16/h2-6,8-11H,7,12-15H2,1H3,(H,21,23). The molecule has 2 aromatic rings. The second kappa shape index (κ2) is 9.50. The second-order valence-electron chi connectivity index (χ2n) is 5.58. The molecule has 1 N–H and O–H groups in total. The Morgan fingerprint density at radius 3 is 2.42 bits per heavy atom. The van der Waals surface area contributed by atoms with E-state index in [1.807, 2.05) is 42.5 Å². The van der Waals surface area contributed by atoms with Crippen LogP contribution in [0.2, 0.25) is 0 Å². The second-order valence-corrected chi connectivity index (χ2v) is 5.58. The van der Waals surface area contributed by atoms with E-state index in [-0.39, 0.29) is 11.9 Å². The molecule has 2 rings (SSSR count). The number of carbonyl (C=O) groups excluding carboxylic acids is 2. The smallest absolute Gasteiger partial charge is 0.305 e. The third-order valence-corrected chi connectivity index (χ3v) is 3.86. The molecule has 0 spiro atoms. The van der Waals surface area contributed by atoms with Crippen molar-refractivity contribution in [3.05, 3.63) is 71.3 Å². The fraction of sp³-hybridized carbons (Fsp3) is 0.300. The molecular formula is C20H23NO3. The van der Waals surface area contributed by atoms with Crippen LogP contribution in [0.5, 0.6) is 0 Å². The fourth-order valence-electron chi connectivity index (χ4n) is 2.52. The molecular weight excluding hydrogens is 302 g/mol. The first kappa shape index (κ1) is 17.7. The zero-order valence-corrected chi connectivity index (χ0v) is 14.0. The lowest BCUT2D eigenvalue weighted by Gasteiger charge is -2.10. The number of esters is 1. The van der Waals surface area contributed by atoms with Crippen LogP contribution in [-0.4, -0.2) is 25.5 Å². The quantitative estimate of drug-likeness (QED) is 0.599. The van der Waals surface area contributed by atoms with Crippen molar-refractivity contribution in [2.24, 2.45) is 0 Å². The van der Waals surface area contributed by atoms with Crippen LogP contribution in [0.1, 0.15) is 34.3 Å². The van der Waals surface area contributed by atoms with Crippen molar-refractivity contribution < 1.29 is 14.3 Å². The molecule has 126 valence electrons. The van der Waals surface area contributed by atoms with E-state index in [2.05, 4.69) is 22.2 Å². The van der Waals surface area contributed by atoms with Gasteiger partial charge < -0.3 is 10.1 Å². The number of rotatable bonds is 8. The molecule has 0 unspecified atom stereocenters. The molecule has 1 amide bonds. The number of hydrogen-bond acceptors (Lipinski definition) is 3. The zero-order valence-electron chi connectivity index (χ0n) is 14.0. The molecule has 0 aliphatic heterocycles. The summed E-state index contributed by atoms with van der Waals surface area (Å²) in [6.07, 6.45) is 2.60. The van der Waals surface area contributed by atoms with Gasteiger partial charge in [-0.1, -0.05) is 48.5 Å². The predicted molar refractivity (Wildman–Crippen MR) is 93.9 cm³/mol. The van der Waals surface area contributed by atoms with E-state index in [9.17, 15) is 9.59 Å². The normalized spacial score (nSPS) is 10.2. The Morgan fingerprint density at radius 2 is 1.67 bits per heavy atom. The Hall–Kier alpha value is -2.62. The van der Waals surface area contributed by atoms with Gasteiger partial charge >= 0.3 is 5.97 Å². The van der Waals surface area contributed by atoms with Crippen LogP contribution in [0.25, 0.3) is 0 Å². The molecule has 0 aliphatic rings. The first-order valence-electron chi connectivity index (χ1n) is 8.17. The predicted octanol–water partition coefficient (Wildman–Crippen LogP) is 3.15. The highest BCUT2D eigenvalue weighted by Crippen LogP contribution is 2.13. The Kier molecular flexibility index (Phi) is 7.02. The first-order valence-corrected chi connectivity index (χ1v) is 8.17. The van der Waals surface area contributed by atoms with E-state index in [0.29, 0.717) is 24.9 Å². The maximum atomic E-state index is 12.4. The summed E-state index contributed by atoms with van der Waals surface area (Å²) in [5.74, 6) is -0.351. The minimum atomic E-state index is -0.257. The molecule has 0 saturated carbocycles. The monoisotopic (exact) mass is 325 g/mol. The highest BCUT2D eigenvalue weighted by Gasteiger charge is 2.10. The maximum Gasteiger partial charge on any atom is 0.305 e. The average Bonchev–Trinajstić information content (AvgIpc) is 2.64. The maximum absolute atomic E-state index is 12.4. The molecule has 0 heterocycles. The van der Waals surface area contributed by atoms with Gasteiger partial charge in [0.05, 0.1) is 7.11 Å². The van der Waals surface area contributed by atoms with Crippen molar-refractivity contribution in [2.45, 2.75) is 25.7 Å². The SMILES string of the molecule is COC(=O)CCCNC(=O)c1ccccc1CCc1ccccc1. The fourth-order valence-corrected chi connectivity index (χ4v) is 2.52. The number of aryl methyl sites for hydroxylation is 2. The van der Waals surface area contributed by atoms with Gasteiger partial charge in [-0.05, 0) is 36.5 Å². The number of nitrogens with one attached hydrogen (secondary N) is 1. The number of ether oxygens (including phenoxy) is 1. The van der Waals surface area contributed by atoms with Crippen LogP contribution in [0.3, 0.4) is 0 Å². The summed E-state index contributed by atoms with van der Waals surface area (Å²) in [6, 6.07) is 17.9. The third-order valence-electron chi connectivity index (χ3n) is 3.86. The molecule has 4 nitrogen and oxygen atoms in total. The van der Waals surface area contributed by atoms with E-state index < -0.39 is 0 Å². The van der Waals surface area contributed by atoms with Crippen molar-refractivity contribution >= 4 is 11.9 Å². The lowest BCUT2D eigenvalue weighted by atomic mass is 9.99. The third kappa shape index (κ3) is 5.54. The Bertz CT molecular complexity index is 668. The Morgan fingerprint density at radius 1 is 0.958 bits per heavy atom. The molecule has 0 bridgehead atoms. The van der Waals surface area contributed by atoms with E-state index in [0.717, 1.165) is 18.4 Å². The molecule has 0 aromatic heterocycles. The highest BCUT2D eigenvalue weighted by molar-refractivity contribution is 5.95. The van der Waals surface area contributed by atoms with Gasteiger partial charge in [-0.25, -0.2) is 0 Å². The number of amides is 1. The summed E-state index contributed by atoms with van der Waals surface area (Å²) >= 11 is 0. The van der Waals surface area contributed by atoms with Crippen LogP contribution in [0.4, 0.5) is 0 Å². The number of carbonyl (C=O) groups is 2. The molecule has 0 radical (unpaired) electrons. The van der Waals surface area contributed by atoms with Gasteiger partial charge in [0.1, 0.15) is 0 Å². The van der Waals surface area contributed by atoms with Gasteiger partial charge in [-0.15, -0.1) is 0 Å². The van der Waals surface area contributed by atoms with Crippen molar-refractivity contribution in [1.29, 1.82) is 0 Å². The molecule has 0 saturated heterocycles. The summed E-state index contributed by atoms with van der Waals surface area (Å²) in [7, 11) is 1.36. The summed E-state index contributed by atoms with van der Waals surface area (Å²) in [6.45, 7) is 0.459. The summed E-state index contributed by atoms with van der Waals surface area (Å²) in [5.41, 5.74) is 2.99. The van der Waals surface area contributed by atoms with Crippen LogP contribution in [-0.2, 0) is 22.4 Å². The Labute approximate surface area is 142 Å². The lowest BCUT2D eigenvalue weighted by molar-refractivity contribution is -0.140. The van der Waals surface area contributed by atoms with E-state index in [1.54, 1.807) is 0 Å². The van der Waals surface area contributed by atoms with E-state index in [1.165, 1.54) is 12.7 Å². The topological polar surface area (TPSA) is 55.4 Å². The van der Waals surface area contributed by atoms with Gasteiger partial charge in [-0.2, -0.15) is 0 Å². The van der Waals surface area contributed by atoms with Gasteiger partial charge in [0, 0.05) is 18.5 Å². The molecule has 0 aliphatic carbocycles. The van der Waals surface area contributed by atoms with Gasteiger partial charge in [0.15, 0.2) is 0 Å². The highest BCUT2D eigenvalue weighted by atomic mass is 16.5. The van der Waals surface area contributed by atoms with Crippen molar-refractivity contribution in [1.82, 2.24) is 5.32 Å². The minimum Gasteiger partial charge on any atom is -0.469 e. The molecule has 4 heteroatoms. The lowest BCUT2D eigenvalue weighted by Crippen LogP contribution is -2.26. The number of benzene rings is 2. The zero-order chi connectivity index (χ0) is 17.2. The van der Waals surface area contributed by atoms with Crippen LogP contribution in [0.15, 0.2) is 54.6 Å². The van der Waals surface area contributed by atoms with Gasteiger partial charge in [0.25, 0.3) is 5.91 Å². The molecule has 2 aromatic carbocycles. The molecule has 0 atom stereocenters. The van der Waals surface area contributed by atoms with Gasteiger partial charge in [-0.3, -0.25) is 9.59 Å². The van der Waals surface area contributed by atoms with Crippen molar-refractivity contribution in [3.63, 3.8) is 0 Å². The first-order chi connectivity index (χ1) is 11.7. The molecule has 0 fully saturated rings. The Balaban J connectivity index is 1.90. The number of hydrogen-bond donors (Lipinski definition) is 1. The van der Waals surface area contributed by atoms with Gasteiger partial charge in [0.2, 0.25) is 0 Å². The minimum absolute atomic E-state index is 0.0940. The van der Waals surface area contributed by atoms with Crippen LogP contribution < -0.4 is 5.32 Å². The van der Waals surface area contributed by atoms with Crippen LogP contribution in [0, 0.1) is 0 Å². The average molecular weight is 325 g/mol. The van der Waals surface area contributed by atoms with Crippen LogP contribution >= 0.6 is 0 Å². The summed E-state index contributed by atoms with van der Waals surface area (Å²) in [4.78, 5) is 23.4. The van der Waals surface area contributed by atoms with E-state index >= 15 is 0 Å². The summed E-state index contributed by atoms with van der Waals surface area (Å²) < 4.78 is 4.58. The molecule has 24 heavy (non-hydrogen) atoms. The van der Waals surface area contributed by atoms with E-state index in [4.69, 9.17) is 0 Å². The number of methoxy groups -OCH3 is 1. The van der Waals surface area contributed by atoms with Crippen molar-refractivity contribution in [3.8, 4) is 0 Å².